The van der Waals surface area contributed by atoms with Crippen molar-refractivity contribution in [3.63, 3.8) is 0 Å². The van der Waals surface area contributed by atoms with Gasteiger partial charge in [0.2, 0.25) is 0 Å². The summed E-state index contributed by atoms with van der Waals surface area (Å²) in [5.74, 6) is 0. The monoisotopic (exact) mass is 399 g/mol. The van der Waals surface area contributed by atoms with Gasteiger partial charge in [0.1, 0.15) is 0 Å². The molecule has 1 N–H and O–H groups in total. The molecule has 20 heavy (non-hydrogen) atoms. The van der Waals surface area contributed by atoms with Crippen molar-refractivity contribution in [1.82, 2.24) is 0 Å². The summed E-state index contributed by atoms with van der Waals surface area (Å²) < 4.78 is 2.34. The van der Waals surface area contributed by atoms with E-state index in [0.717, 1.165) is 5.41 Å². The van der Waals surface area contributed by atoms with Crippen LogP contribution in [0.5, 0.6) is 0 Å². The van der Waals surface area contributed by atoms with E-state index >= 15 is 0 Å². The van der Waals surface area contributed by atoms with E-state index in [4.69, 9.17) is 0 Å². The summed E-state index contributed by atoms with van der Waals surface area (Å²) in [6, 6.07) is 5.01. The molecule has 1 aromatic rings. The number of rotatable bonds is 2. The molecule has 2 fully saturated rings. The van der Waals surface area contributed by atoms with E-state index in [1.807, 2.05) is 0 Å². The standard InChI is InChI=1S/C17H23Br2N/c1-12-10-14(18)16(15(19)11-12)20-13-4-8-17(9-5-13)6-2-3-7-17/h10-11,13,20H,2-9H2,1H3. The third-order valence-electron chi connectivity index (χ3n) is 5.25. The fourth-order valence-corrected chi connectivity index (χ4v) is 5.69. The van der Waals surface area contributed by atoms with Crippen molar-refractivity contribution < 1.29 is 0 Å². The van der Waals surface area contributed by atoms with E-state index in [9.17, 15) is 0 Å². The predicted octanol–water partition coefficient (Wildman–Crippen LogP) is 6.43. The topological polar surface area (TPSA) is 12.0 Å². The molecule has 2 aliphatic rings. The van der Waals surface area contributed by atoms with E-state index in [-0.39, 0.29) is 0 Å². The number of anilines is 1. The number of aryl methyl sites for hydroxylation is 1. The molecule has 0 amide bonds. The van der Waals surface area contributed by atoms with Crippen molar-refractivity contribution in [1.29, 1.82) is 0 Å². The van der Waals surface area contributed by atoms with Gasteiger partial charge in [-0.2, -0.15) is 0 Å². The molecule has 2 aliphatic carbocycles. The lowest BCUT2D eigenvalue weighted by Crippen LogP contribution is -2.31. The average Bonchev–Trinajstić information content (AvgIpc) is 2.85. The van der Waals surface area contributed by atoms with Crippen LogP contribution >= 0.6 is 31.9 Å². The molecule has 110 valence electrons. The minimum atomic E-state index is 0.636. The molecule has 0 aromatic heterocycles. The minimum Gasteiger partial charge on any atom is -0.380 e. The number of hydrogen-bond acceptors (Lipinski definition) is 1. The van der Waals surface area contributed by atoms with Gasteiger partial charge in [0.25, 0.3) is 0 Å². The molecule has 0 heterocycles. The van der Waals surface area contributed by atoms with Gasteiger partial charge in [0.15, 0.2) is 0 Å². The number of halogens is 2. The molecule has 3 rings (SSSR count). The zero-order valence-corrected chi connectivity index (χ0v) is 15.3. The van der Waals surface area contributed by atoms with E-state index < -0.39 is 0 Å². The highest BCUT2D eigenvalue weighted by Crippen LogP contribution is 2.49. The largest absolute Gasteiger partial charge is 0.380 e. The van der Waals surface area contributed by atoms with Crippen molar-refractivity contribution >= 4 is 37.5 Å². The molecule has 0 radical (unpaired) electrons. The van der Waals surface area contributed by atoms with Crippen LogP contribution in [0.1, 0.15) is 56.9 Å². The van der Waals surface area contributed by atoms with Crippen LogP contribution in [0.2, 0.25) is 0 Å². The molecule has 3 heteroatoms. The molecule has 0 unspecified atom stereocenters. The Morgan fingerprint density at radius 1 is 1.00 bits per heavy atom. The lowest BCUT2D eigenvalue weighted by molar-refractivity contribution is 0.188. The molecule has 0 atom stereocenters. The van der Waals surface area contributed by atoms with Crippen LogP contribution in [0, 0.1) is 12.3 Å². The number of benzene rings is 1. The highest BCUT2D eigenvalue weighted by Gasteiger charge is 2.37. The van der Waals surface area contributed by atoms with E-state index in [2.05, 4.69) is 56.2 Å². The lowest BCUT2D eigenvalue weighted by Gasteiger charge is -2.38. The Hall–Kier alpha value is -0.0200. The van der Waals surface area contributed by atoms with Gasteiger partial charge in [-0.15, -0.1) is 0 Å². The smallest absolute Gasteiger partial charge is 0.0631 e. The minimum absolute atomic E-state index is 0.636. The lowest BCUT2D eigenvalue weighted by atomic mass is 9.71. The normalized spacial score (nSPS) is 22.4. The summed E-state index contributed by atoms with van der Waals surface area (Å²) in [5, 5.41) is 3.76. The van der Waals surface area contributed by atoms with Gasteiger partial charge in [-0.1, -0.05) is 12.8 Å². The summed E-state index contributed by atoms with van der Waals surface area (Å²) in [5.41, 5.74) is 3.23. The molecular weight excluding hydrogens is 378 g/mol. The van der Waals surface area contributed by atoms with Gasteiger partial charge in [0, 0.05) is 15.0 Å². The fraction of sp³-hybridized carbons (Fsp3) is 0.647. The Kier molecular flexibility index (Phi) is 4.47. The molecule has 0 saturated heterocycles. The maximum atomic E-state index is 3.76. The Bertz CT molecular complexity index is 459. The van der Waals surface area contributed by atoms with Crippen LogP contribution in [-0.2, 0) is 0 Å². The zero-order chi connectivity index (χ0) is 14.2. The first-order chi connectivity index (χ1) is 9.58. The highest BCUT2D eigenvalue weighted by atomic mass is 79.9. The molecular formula is C17H23Br2N. The third-order valence-corrected chi connectivity index (χ3v) is 6.50. The van der Waals surface area contributed by atoms with Crippen molar-refractivity contribution in [3.05, 3.63) is 26.6 Å². The van der Waals surface area contributed by atoms with Crippen molar-refractivity contribution in [2.75, 3.05) is 5.32 Å². The van der Waals surface area contributed by atoms with Gasteiger partial charge in [-0.05, 0) is 100 Å². The Labute approximate surface area is 139 Å². The average molecular weight is 401 g/mol. The molecule has 0 bridgehead atoms. The summed E-state index contributed by atoms with van der Waals surface area (Å²) in [7, 11) is 0. The van der Waals surface area contributed by atoms with Gasteiger partial charge >= 0.3 is 0 Å². The Balaban J connectivity index is 1.65. The van der Waals surface area contributed by atoms with Gasteiger partial charge in [0.05, 0.1) is 5.69 Å². The van der Waals surface area contributed by atoms with Gasteiger partial charge in [-0.25, -0.2) is 0 Å². The quantitative estimate of drug-likeness (QED) is 0.602. The second kappa shape index (κ2) is 6.00. The van der Waals surface area contributed by atoms with E-state index in [0.29, 0.717) is 6.04 Å². The third kappa shape index (κ3) is 3.09. The van der Waals surface area contributed by atoms with Crippen molar-refractivity contribution in [2.45, 2.75) is 64.3 Å². The number of nitrogens with one attached hydrogen (secondary N) is 1. The Morgan fingerprint density at radius 3 is 2.10 bits per heavy atom. The van der Waals surface area contributed by atoms with Crippen LogP contribution in [0.3, 0.4) is 0 Å². The van der Waals surface area contributed by atoms with Gasteiger partial charge in [-0.3, -0.25) is 0 Å². The number of hydrogen-bond donors (Lipinski definition) is 1. The first kappa shape index (κ1) is 14.9. The molecule has 0 aliphatic heterocycles. The second-order valence-electron chi connectivity index (χ2n) is 6.73. The van der Waals surface area contributed by atoms with Crippen molar-refractivity contribution in [3.8, 4) is 0 Å². The second-order valence-corrected chi connectivity index (χ2v) is 8.44. The summed E-state index contributed by atoms with van der Waals surface area (Å²) in [4.78, 5) is 0. The SMILES string of the molecule is Cc1cc(Br)c(NC2CCC3(CCCC3)CC2)c(Br)c1. The first-order valence-electron chi connectivity index (χ1n) is 7.80. The molecule has 2 saturated carbocycles. The predicted molar refractivity (Wildman–Crippen MR) is 93.4 cm³/mol. The van der Waals surface area contributed by atoms with Crippen LogP contribution < -0.4 is 5.32 Å². The van der Waals surface area contributed by atoms with E-state index in [1.165, 1.54) is 71.6 Å². The fourth-order valence-electron chi connectivity index (χ4n) is 4.04. The summed E-state index contributed by atoms with van der Waals surface area (Å²) >= 11 is 7.38. The first-order valence-corrected chi connectivity index (χ1v) is 9.39. The molecule has 1 nitrogen and oxygen atoms in total. The molecule has 1 aromatic carbocycles. The highest BCUT2D eigenvalue weighted by molar-refractivity contribution is 9.11. The Morgan fingerprint density at radius 2 is 1.55 bits per heavy atom. The summed E-state index contributed by atoms with van der Waals surface area (Å²) in [6.45, 7) is 2.13. The van der Waals surface area contributed by atoms with Crippen LogP contribution in [0.25, 0.3) is 0 Å². The van der Waals surface area contributed by atoms with Gasteiger partial charge < -0.3 is 5.32 Å². The van der Waals surface area contributed by atoms with Crippen molar-refractivity contribution in [2.24, 2.45) is 5.41 Å². The maximum Gasteiger partial charge on any atom is 0.0631 e. The van der Waals surface area contributed by atoms with Crippen LogP contribution in [0.15, 0.2) is 21.1 Å². The van der Waals surface area contributed by atoms with Crippen LogP contribution in [0.4, 0.5) is 5.69 Å². The maximum absolute atomic E-state index is 3.76. The van der Waals surface area contributed by atoms with Crippen LogP contribution in [-0.4, -0.2) is 6.04 Å². The summed E-state index contributed by atoms with van der Waals surface area (Å²) in [6.07, 6.45) is 11.4. The molecule has 1 spiro atoms. The van der Waals surface area contributed by atoms with E-state index in [1.54, 1.807) is 0 Å². The zero-order valence-electron chi connectivity index (χ0n) is 12.1.